The maximum atomic E-state index is 13.1. The van der Waals surface area contributed by atoms with Crippen molar-refractivity contribution in [3.63, 3.8) is 0 Å². The second kappa shape index (κ2) is 7.76. The van der Waals surface area contributed by atoms with Crippen molar-refractivity contribution in [1.29, 1.82) is 0 Å². The zero-order chi connectivity index (χ0) is 18.6. The van der Waals surface area contributed by atoms with Crippen LogP contribution in [-0.2, 0) is 0 Å². The highest BCUT2D eigenvalue weighted by Gasteiger charge is 2.25. The number of piperidine rings is 1. The maximum Gasteiger partial charge on any atom is 0.255 e. The molecule has 0 saturated carbocycles. The Morgan fingerprint density at radius 3 is 2.52 bits per heavy atom. The molecule has 1 aliphatic heterocycles. The molecule has 2 aromatic carbocycles. The molecule has 1 fully saturated rings. The number of amides is 1. The Hall–Kier alpha value is -2.92. The number of hydrogen-bond acceptors (Lipinski definition) is 3. The summed E-state index contributed by atoms with van der Waals surface area (Å²) in [6.07, 6.45) is 3.89. The van der Waals surface area contributed by atoms with E-state index in [1.165, 1.54) is 0 Å². The quantitative estimate of drug-likeness (QED) is 0.750. The molecule has 1 amide bonds. The van der Waals surface area contributed by atoms with E-state index in [4.69, 9.17) is 5.10 Å². The molecule has 5 nitrogen and oxygen atoms in total. The Bertz CT molecular complexity index is 905. The Morgan fingerprint density at radius 2 is 1.81 bits per heavy atom. The number of hydrogen-bond donors (Lipinski definition) is 2. The third kappa shape index (κ3) is 3.78. The van der Waals surface area contributed by atoms with E-state index in [9.17, 15) is 4.79 Å². The van der Waals surface area contributed by atoms with Gasteiger partial charge in [-0.15, -0.1) is 0 Å². The lowest BCUT2D eigenvalue weighted by molar-refractivity contribution is 0.0920. The van der Waals surface area contributed by atoms with Crippen molar-refractivity contribution in [3.8, 4) is 16.9 Å². The number of benzene rings is 2. The fraction of sp³-hybridized carbons (Fsp3) is 0.273. The van der Waals surface area contributed by atoms with E-state index in [2.05, 4.69) is 17.6 Å². The van der Waals surface area contributed by atoms with Gasteiger partial charge in [-0.1, -0.05) is 48.5 Å². The van der Waals surface area contributed by atoms with Gasteiger partial charge in [-0.05, 0) is 38.4 Å². The lowest BCUT2D eigenvalue weighted by Crippen LogP contribution is -2.51. The average Bonchev–Trinajstić information content (AvgIpc) is 3.17. The fourth-order valence-corrected chi connectivity index (χ4v) is 3.55. The van der Waals surface area contributed by atoms with Gasteiger partial charge in [-0.2, -0.15) is 5.10 Å². The Balaban J connectivity index is 1.69. The predicted octanol–water partition coefficient (Wildman–Crippen LogP) is 3.41. The number of carbonyl (C=O) groups is 1. The molecule has 5 heteroatoms. The molecule has 2 unspecified atom stereocenters. The van der Waals surface area contributed by atoms with Gasteiger partial charge in [0.1, 0.15) is 5.69 Å². The number of aromatic nitrogens is 2. The first-order valence-electron chi connectivity index (χ1n) is 9.47. The van der Waals surface area contributed by atoms with Gasteiger partial charge in [0.2, 0.25) is 0 Å². The highest BCUT2D eigenvalue weighted by atomic mass is 16.1. The predicted molar refractivity (Wildman–Crippen MR) is 107 cm³/mol. The second-order valence-electron chi connectivity index (χ2n) is 7.00. The zero-order valence-corrected chi connectivity index (χ0v) is 15.4. The van der Waals surface area contributed by atoms with Crippen LogP contribution in [0.25, 0.3) is 16.9 Å². The molecule has 2 heterocycles. The summed E-state index contributed by atoms with van der Waals surface area (Å²) in [6.45, 7) is 3.13. The summed E-state index contributed by atoms with van der Waals surface area (Å²) < 4.78 is 1.78. The van der Waals surface area contributed by atoms with Crippen LogP contribution in [0.1, 0.15) is 30.1 Å². The third-order valence-corrected chi connectivity index (χ3v) is 5.11. The largest absolute Gasteiger partial charge is 0.348 e. The highest BCUT2D eigenvalue weighted by Crippen LogP contribution is 2.24. The van der Waals surface area contributed by atoms with Crippen LogP contribution in [0.15, 0.2) is 66.9 Å². The number of carbonyl (C=O) groups excluding carboxylic acids is 1. The van der Waals surface area contributed by atoms with E-state index < -0.39 is 0 Å². The summed E-state index contributed by atoms with van der Waals surface area (Å²) >= 11 is 0. The molecule has 0 aliphatic carbocycles. The molecule has 3 aromatic rings. The van der Waals surface area contributed by atoms with Crippen molar-refractivity contribution in [1.82, 2.24) is 20.4 Å². The normalized spacial score (nSPS) is 19.6. The molecular weight excluding hydrogens is 336 g/mol. The molecule has 0 spiro atoms. The molecule has 1 aromatic heterocycles. The summed E-state index contributed by atoms with van der Waals surface area (Å²) in [6, 6.07) is 20.1. The monoisotopic (exact) mass is 360 g/mol. The highest BCUT2D eigenvalue weighted by molar-refractivity contribution is 6.00. The van der Waals surface area contributed by atoms with Gasteiger partial charge in [-0.25, -0.2) is 4.68 Å². The third-order valence-electron chi connectivity index (χ3n) is 5.11. The van der Waals surface area contributed by atoms with Gasteiger partial charge < -0.3 is 10.6 Å². The van der Waals surface area contributed by atoms with Gasteiger partial charge in [-0.3, -0.25) is 4.79 Å². The van der Waals surface area contributed by atoms with E-state index in [-0.39, 0.29) is 18.0 Å². The number of nitrogens with one attached hydrogen (secondary N) is 2. The van der Waals surface area contributed by atoms with Crippen molar-refractivity contribution < 1.29 is 4.79 Å². The minimum absolute atomic E-state index is 0.0726. The van der Waals surface area contributed by atoms with E-state index in [1.54, 1.807) is 4.68 Å². The van der Waals surface area contributed by atoms with Crippen LogP contribution in [0.4, 0.5) is 0 Å². The lowest BCUT2D eigenvalue weighted by Gasteiger charge is -2.30. The molecule has 2 atom stereocenters. The van der Waals surface area contributed by atoms with E-state index >= 15 is 0 Å². The summed E-state index contributed by atoms with van der Waals surface area (Å²) in [4.78, 5) is 13.1. The van der Waals surface area contributed by atoms with Crippen molar-refractivity contribution >= 4 is 5.91 Å². The number of rotatable bonds is 4. The van der Waals surface area contributed by atoms with Gasteiger partial charge in [0.05, 0.1) is 11.3 Å². The van der Waals surface area contributed by atoms with Gasteiger partial charge in [0, 0.05) is 23.8 Å². The van der Waals surface area contributed by atoms with Crippen LogP contribution >= 0.6 is 0 Å². The SMILES string of the molecule is CC1NCCCC1NC(=O)c1cn(-c2ccccc2)nc1-c1ccccc1. The lowest BCUT2D eigenvalue weighted by atomic mass is 9.99. The molecule has 0 radical (unpaired) electrons. The molecular formula is C22H24N4O. The van der Waals surface area contributed by atoms with Crippen molar-refractivity contribution in [2.24, 2.45) is 0 Å². The molecule has 0 bridgehead atoms. The Labute approximate surface area is 159 Å². The molecule has 138 valence electrons. The molecule has 27 heavy (non-hydrogen) atoms. The van der Waals surface area contributed by atoms with Crippen LogP contribution in [0.3, 0.4) is 0 Å². The summed E-state index contributed by atoms with van der Waals surface area (Å²) in [5, 5.41) is 11.4. The first-order valence-corrected chi connectivity index (χ1v) is 9.47. The van der Waals surface area contributed by atoms with Crippen LogP contribution in [-0.4, -0.2) is 34.3 Å². The van der Waals surface area contributed by atoms with Crippen molar-refractivity contribution in [2.75, 3.05) is 6.54 Å². The van der Waals surface area contributed by atoms with Crippen molar-refractivity contribution in [2.45, 2.75) is 31.8 Å². The number of para-hydroxylation sites is 1. The zero-order valence-electron chi connectivity index (χ0n) is 15.4. The molecule has 4 rings (SSSR count). The Kier molecular flexibility index (Phi) is 5.03. The topological polar surface area (TPSA) is 58.9 Å². The molecule has 1 aliphatic rings. The summed E-state index contributed by atoms with van der Waals surface area (Å²) in [5.74, 6) is -0.0726. The van der Waals surface area contributed by atoms with E-state index in [1.807, 2.05) is 66.9 Å². The summed E-state index contributed by atoms with van der Waals surface area (Å²) in [7, 11) is 0. The Morgan fingerprint density at radius 1 is 1.11 bits per heavy atom. The van der Waals surface area contributed by atoms with Crippen LogP contribution < -0.4 is 10.6 Å². The average molecular weight is 360 g/mol. The van der Waals surface area contributed by atoms with Crippen LogP contribution in [0.2, 0.25) is 0 Å². The minimum Gasteiger partial charge on any atom is -0.348 e. The molecule has 1 saturated heterocycles. The maximum absolute atomic E-state index is 13.1. The van der Waals surface area contributed by atoms with Gasteiger partial charge >= 0.3 is 0 Å². The number of nitrogens with zero attached hydrogens (tertiary/aromatic N) is 2. The first kappa shape index (κ1) is 17.5. The minimum atomic E-state index is -0.0726. The standard InChI is InChI=1S/C22H24N4O/c1-16-20(13-8-14-23-16)24-22(27)19-15-26(18-11-6-3-7-12-18)25-21(19)17-9-4-2-5-10-17/h2-7,9-12,15-16,20,23H,8,13-14H2,1H3,(H,24,27). The van der Waals surface area contributed by atoms with E-state index in [0.717, 1.165) is 30.6 Å². The fourth-order valence-electron chi connectivity index (χ4n) is 3.55. The van der Waals surface area contributed by atoms with Crippen LogP contribution in [0, 0.1) is 0 Å². The van der Waals surface area contributed by atoms with E-state index in [0.29, 0.717) is 11.3 Å². The second-order valence-corrected chi connectivity index (χ2v) is 7.00. The first-order chi connectivity index (χ1) is 13.2. The molecule has 2 N–H and O–H groups in total. The summed E-state index contributed by atoms with van der Waals surface area (Å²) in [5.41, 5.74) is 3.17. The van der Waals surface area contributed by atoms with Gasteiger partial charge in [0.15, 0.2) is 0 Å². The van der Waals surface area contributed by atoms with Gasteiger partial charge in [0.25, 0.3) is 5.91 Å². The van der Waals surface area contributed by atoms with Crippen LogP contribution in [0.5, 0.6) is 0 Å². The van der Waals surface area contributed by atoms with Crippen molar-refractivity contribution in [3.05, 3.63) is 72.4 Å². The smallest absolute Gasteiger partial charge is 0.255 e.